The maximum absolute atomic E-state index is 12.4. The monoisotopic (exact) mass is 318 g/mol. The van der Waals surface area contributed by atoms with Crippen LogP contribution in [0.2, 0.25) is 0 Å². The average molecular weight is 318 g/mol. The lowest BCUT2D eigenvalue weighted by atomic mass is 10.1. The average Bonchev–Trinajstić information content (AvgIpc) is 2.94. The molecule has 3 heterocycles. The molecule has 0 aliphatic heterocycles. The quantitative estimate of drug-likeness (QED) is 0.602. The largest absolute Gasteiger partial charge is 0.439 e. The predicted octanol–water partition coefficient (Wildman–Crippen LogP) is 4.50. The van der Waals surface area contributed by atoms with Crippen molar-refractivity contribution in [2.75, 3.05) is 5.32 Å². The Morgan fingerprint density at radius 3 is 2.50 bits per heavy atom. The number of rotatable bonds is 3. The minimum absolute atomic E-state index is 0.415. The van der Waals surface area contributed by atoms with Gasteiger partial charge < -0.3 is 14.2 Å². The molecule has 24 heavy (non-hydrogen) atoms. The lowest BCUT2D eigenvalue weighted by molar-refractivity contribution is 0.485. The highest BCUT2D eigenvalue weighted by atomic mass is 16.4. The van der Waals surface area contributed by atoms with Crippen LogP contribution >= 0.6 is 0 Å². The van der Waals surface area contributed by atoms with Gasteiger partial charge in [0.25, 0.3) is 0 Å². The summed E-state index contributed by atoms with van der Waals surface area (Å²) in [5, 5.41) is 3.66. The summed E-state index contributed by atoms with van der Waals surface area (Å²) in [4.78, 5) is 16.4. The summed E-state index contributed by atoms with van der Waals surface area (Å²) in [7, 11) is 0. The fourth-order valence-electron chi connectivity index (χ4n) is 2.70. The van der Waals surface area contributed by atoms with Crippen LogP contribution in [0.15, 0.2) is 74.6 Å². The number of nitrogens with zero attached hydrogens (tertiary/aromatic N) is 1. The van der Waals surface area contributed by atoms with Crippen LogP contribution in [-0.4, -0.2) is 4.98 Å². The smallest absolute Gasteiger partial charge is 0.347 e. The second-order valence-electron chi connectivity index (χ2n) is 5.42. The van der Waals surface area contributed by atoms with E-state index in [2.05, 4.69) is 10.3 Å². The first-order chi connectivity index (χ1) is 11.7. The summed E-state index contributed by atoms with van der Waals surface area (Å²) in [5.74, 6) is 1.01. The standard InChI is InChI=1S/C19H14N2O3/c1-12-11-15-17(19(22)23-12)16(13-7-9-20-10-8-13)18(24-15)21-14-5-3-2-4-6-14/h2-11,21H,1H3. The van der Waals surface area contributed by atoms with E-state index in [4.69, 9.17) is 8.83 Å². The Bertz CT molecular complexity index is 1050. The van der Waals surface area contributed by atoms with Gasteiger partial charge in [0, 0.05) is 24.1 Å². The number of benzene rings is 1. The molecule has 4 aromatic rings. The van der Waals surface area contributed by atoms with E-state index >= 15 is 0 Å². The summed E-state index contributed by atoms with van der Waals surface area (Å²) in [6.45, 7) is 1.72. The summed E-state index contributed by atoms with van der Waals surface area (Å²) >= 11 is 0. The van der Waals surface area contributed by atoms with Gasteiger partial charge in [0.1, 0.15) is 16.7 Å². The number of anilines is 2. The zero-order valence-corrected chi connectivity index (χ0v) is 12.9. The SMILES string of the molecule is Cc1cc2oc(Nc3ccccc3)c(-c3ccncc3)c2c(=O)o1. The van der Waals surface area contributed by atoms with Gasteiger partial charge in [0.15, 0.2) is 0 Å². The molecule has 0 saturated heterocycles. The molecule has 0 radical (unpaired) electrons. The minimum atomic E-state index is -0.415. The number of nitrogens with one attached hydrogen (secondary N) is 1. The zero-order chi connectivity index (χ0) is 16.5. The van der Waals surface area contributed by atoms with Crippen molar-refractivity contribution in [2.24, 2.45) is 0 Å². The molecular formula is C19H14N2O3. The van der Waals surface area contributed by atoms with E-state index < -0.39 is 5.63 Å². The van der Waals surface area contributed by atoms with Crippen LogP contribution < -0.4 is 10.9 Å². The second kappa shape index (κ2) is 5.70. The Morgan fingerprint density at radius 2 is 1.75 bits per heavy atom. The molecule has 5 heteroatoms. The normalized spacial score (nSPS) is 10.9. The van der Waals surface area contributed by atoms with Crippen molar-refractivity contribution in [1.29, 1.82) is 0 Å². The first kappa shape index (κ1) is 14.3. The van der Waals surface area contributed by atoms with Crippen LogP contribution in [0.25, 0.3) is 22.1 Å². The van der Waals surface area contributed by atoms with Crippen LogP contribution in [0.3, 0.4) is 0 Å². The number of furan rings is 1. The van der Waals surface area contributed by atoms with Crippen LogP contribution in [0.1, 0.15) is 5.76 Å². The molecule has 0 aliphatic carbocycles. The molecule has 0 atom stereocenters. The number of hydrogen-bond donors (Lipinski definition) is 1. The first-order valence-corrected chi connectivity index (χ1v) is 7.52. The fourth-order valence-corrected chi connectivity index (χ4v) is 2.70. The van der Waals surface area contributed by atoms with E-state index in [1.165, 1.54) is 0 Å². The minimum Gasteiger partial charge on any atom is -0.439 e. The van der Waals surface area contributed by atoms with Gasteiger partial charge in [-0.25, -0.2) is 4.79 Å². The van der Waals surface area contributed by atoms with Crippen LogP contribution in [0.5, 0.6) is 0 Å². The third-order valence-electron chi connectivity index (χ3n) is 3.73. The third kappa shape index (κ3) is 2.46. The summed E-state index contributed by atoms with van der Waals surface area (Å²) < 4.78 is 11.2. The molecule has 3 aromatic heterocycles. The predicted molar refractivity (Wildman–Crippen MR) is 92.4 cm³/mol. The third-order valence-corrected chi connectivity index (χ3v) is 3.73. The van der Waals surface area contributed by atoms with Crippen molar-refractivity contribution < 1.29 is 8.83 Å². The van der Waals surface area contributed by atoms with Gasteiger partial charge in [-0.2, -0.15) is 0 Å². The highest BCUT2D eigenvalue weighted by molar-refractivity contribution is 6.00. The van der Waals surface area contributed by atoms with Crippen molar-refractivity contribution in [3.05, 3.63) is 77.1 Å². The molecule has 4 rings (SSSR count). The van der Waals surface area contributed by atoms with Crippen molar-refractivity contribution in [1.82, 2.24) is 4.98 Å². The van der Waals surface area contributed by atoms with E-state index in [0.717, 1.165) is 11.3 Å². The zero-order valence-electron chi connectivity index (χ0n) is 12.9. The van der Waals surface area contributed by atoms with Crippen molar-refractivity contribution >= 4 is 22.5 Å². The van der Waals surface area contributed by atoms with Gasteiger partial charge >= 0.3 is 5.63 Å². The summed E-state index contributed by atoms with van der Waals surface area (Å²) in [6, 6.07) is 15.0. The second-order valence-corrected chi connectivity index (χ2v) is 5.42. The number of hydrogen-bond acceptors (Lipinski definition) is 5. The summed E-state index contributed by atoms with van der Waals surface area (Å²) in [5.41, 5.74) is 2.45. The van der Waals surface area contributed by atoms with E-state index in [-0.39, 0.29) is 0 Å². The lowest BCUT2D eigenvalue weighted by Crippen LogP contribution is -2.00. The van der Waals surface area contributed by atoms with Crippen molar-refractivity contribution in [3.8, 4) is 11.1 Å². The van der Waals surface area contributed by atoms with E-state index in [1.54, 1.807) is 25.4 Å². The van der Waals surface area contributed by atoms with Crippen LogP contribution in [0, 0.1) is 6.92 Å². The Balaban J connectivity index is 1.99. The highest BCUT2D eigenvalue weighted by Gasteiger charge is 2.20. The van der Waals surface area contributed by atoms with E-state index in [0.29, 0.717) is 28.2 Å². The first-order valence-electron chi connectivity index (χ1n) is 7.52. The lowest BCUT2D eigenvalue weighted by Gasteiger charge is -2.06. The molecule has 118 valence electrons. The van der Waals surface area contributed by atoms with E-state index in [1.807, 2.05) is 42.5 Å². The molecule has 1 aromatic carbocycles. The van der Waals surface area contributed by atoms with Crippen molar-refractivity contribution in [2.45, 2.75) is 6.92 Å². The Kier molecular flexibility index (Phi) is 3.39. The molecule has 0 fully saturated rings. The number of fused-ring (bicyclic) bond motifs is 1. The Morgan fingerprint density at radius 1 is 1.00 bits per heavy atom. The fraction of sp³-hybridized carbons (Fsp3) is 0.0526. The molecule has 1 N–H and O–H groups in total. The van der Waals surface area contributed by atoms with Gasteiger partial charge in [0.05, 0.1) is 5.56 Å². The summed E-state index contributed by atoms with van der Waals surface area (Å²) in [6.07, 6.45) is 3.35. The molecule has 0 saturated carbocycles. The van der Waals surface area contributed by atoms with Crippen LogP contribution in [-0.2, 0) is 0 Å². The topological polar surface area (TPSA) is 68.3 Å². The molecule has 0 bridgehead atoms. The Labute approximate surface area is 137 Å². The number of aryl methyl sites for hydroxylation is 1. The van der Waals surface area contributed by atoms with Gasteiger partial charge in [-0.05, 0) is 36.8 Å². The maximum Gasteiger partial charge on any atom is 0.347 e. The number of para-hydroxylation sites is 1. The van der Waals surface area contributed by atoms with E-state index in [9.17, 15) is 4.79 Å². The molecule has 5 nitrogen and oxygen atoms in total. The van der Waals surface area contributed by atoms with Gasteiger partial charge in [-0.1, -0.05) is 18.2 Å². The molecule has 0 unspecified atom stereocenters. The van der Waals surface area contributed by atoms with Gasteiger partial charge in [0.2, 0.25) is 5.88 Å². The highest BCUT2D eigenvalue weighted by Crippen LogP contribution is 2.38. The molecule has 0 aliphatic rings. The number of aromatic nitrogens is 1. The van der Waals surface area contributed by atoms with Crippen LogP contribution in [0.4, 0.5) is 11.6 Å². The maximum atomic E-state index is 12.4. The van der Waals surface area contributed by atoms with Gasteiger partial charge in [-0.3, -0.25) is 4.98 Å². The molecular weight excluding hydrogens is 304 g/mol. The molecule has 0 amide bonds. The van der Waals surface area contributed by atoms with Crippen molar-refractivity contribution in [3.63, 3.8) is 0 Å². The molecule has 0 spiro atoms. The number of pyridine rings is 1. The van der Waals surface area contributed by atoms with Gasteiger partial charge in [-0.15, -0.1) is 0 Å². The Hall–Kier alpha value is -3.34.